The number of piperidine rings is 1. The highest BCUT2D eigenvalue weighted by Crippen LogP contribution is 2.25. The number of carbonyl (C=O) groups excluding carboxylic acids is 1. The van der Waals surface area contributed by atoms with E-state index in [0.29, 0.717) is 18.7 Å². The summed E-state index contributed by atoms with van der Waals surface area (Å²) in [7, 11) is -3.40. The normalized spacial score (nSPS) is 18.0. The number of benzene rings is 2. The molecular formula is C21H23N3O3S2. The first-order chi connectivity index (χ1) is 13.9. The number of sulfonamides is 1. The zero-order valence-corrected chi connectivity index (χ0v) is 17.8. The predicted molar refractivity (Wildman–Crippen MR) is 117 cm³/mol. The van der Waals surface area contributed by atoms with E-state index in [9.17, 15) is 13.2 Å². The van der Waals surface area contributed by atoms with Crippen LogP contribution in [0.3, 0.4) is 0 Å². The van der Waals surface area contributed by atoms with Gasteiger partial charge in [-0.15, -0.1) is 11.3 Å². The summed E-state index contributed by atoms with van der Waals surface area (Å²) in [5.41, 5.74) is 2.79. The Hall–Kier alpha value is -2.29. The van der Waals surface area contributed by atoms with Crippen LogP contribution < -0.4 is 5.32 Å². The number of carbonyl (C=O) groups is 1. The second-order valence-corrected chi connectivity index (χ2v) is 10.4. The van der Waals surface area contributed by atoms with Gasteiger partial charge in [0.05, 0.1) is 21.5 Å². The highest BCUT2D eigenvalue weighted by Gasteiger charge is 2.34. The molecule has 1 aromatic heterocycles. The molecule has 1 aliphatic heterocycles. The second-order valence-electron chi connectivity index (χ2n) is 7.32. The van der Waals surface area contributed by atoms with Crippen molar-refractivity contribution in [2.45, 2.75) is 31.7 Å². The van der Waals surface area contributed by atoms with Crippen molar-refractivity contribution in [3.8, 4) is 0 Å². The van der Waals surface area contributed by atoms with E-state index in [1.807, 2.05) is 42.5 Å². The third-order valence-electron chi connectivity index (χ3n) is 5.10. The number of hydrogen-bond acceptors (Lipinski definition) is 5. The lowest BCUT2D eigenvalue weighted by atomic mass is 10.0. The maximum Gasteiger partial charge on any atom is 0.242 e. The number of fused-ring (bicyclic) bond motifs is 1. The van der Waals surface area contributed by atoms with Crippen molar-refractivity contribution in [2.24, 2.45) is 0 Å². The quantitative estimate of drug-likeness (QED) is 0.672. The van der Waals surface area contributed by atoms with Crippen molar-refractivity contribution in [3.63, 3.8) is 0 Å². The molecule has 0 radical (unpaired) electrons. The summed E-state index contributed by atoms with van der Waals surface area (Å²) in [6.07, 6.45) is 4.09. The van der Waals surface area contributed by atoms with E-state index in [4.69, 9.17) is 0 Å². The van der Waals surface area contributed by atoms with Gasteiger partial charge >= 0.3 is 0 Å². The Balaban J connectivity index is 1.43. The molecule has 0 saturated carbocycles. The maximum absolute atomic E-state index is 12.7. The predicted octanol–water partition coefficient (Wildman–Crippen LogP) is 3.64. The van der Waals surface area contributed by atoms with Crippen molar-refractivity contribution < 1.29 is 13.2 Å². The van der Waals surface area contributed by atoms with Gasteiger partial charge < -0.3 is 5.32 Å². The average Bonchev–Trinajstić information content (AvgIpc) is 3.11. The Labute approximate surface area is 174 Å². The Kier molecular flexibility index (Phi) is 5.67. The van der Waals surface area contributed by atoms with Crippen molar-refractivity contribution in [3.05, 3.63) is 59.1 Å². The molecular weight excluding hydrogens is 406 g/mol. The number of hydrogen-bond donors (Lipinski definition) is 1. The molecule has 0 aliphatic carbocycles. The molecule has 1 fully saturated rings. The number of nitrogens with one attached hydrogen (secondary N) is 1. The molecule has 6 nitrogen and oxygen atoms in total. The van der Waals surface area contributed by atoms with Crippen LogP contribution in [0.15, 0.2) is 48.5 Å². The van der Waals surface area contributed by atoms with E-state index in [2.05, 4.69) is 16.4 Å². The van der Waals surface area contributed by atoms with Crippen LogP contribution in [-0.2, 0) is 21.2 Å². The van der Waals surface area contributed by atoms with Gasteiger partial charge in [0.15, 0.2) is 0 Å². The topological polar surface area (TPSA) is 79.4 Å². The molecule has 0 spiro atoms. The molecule has 0 bridgehead atoms. The van der Waals surface area contributed by atoms with E-state index < -0.39 is 16.1 Å². The number of rotatable bonds is 5. The Morgan fingerprint density at radius 3 is 2.66 bits per heavy atom. The van der Waals surface area contributed by atoms with Crippen LogP contribution in [0.5, 0.6) is 0 Å². The monoisotopic (exact) mass is 429 g/mol. The highest BCUT2D eigenvalue weighted by molar-refractivity contribution is 7.88. The van der Waals surface area contributed by atoms with Gasteiger partial charge in [-0.05, 0) is 42.7 Å². The van der Waals surface area contributed by atoms with Crippen molar-refractivity contribution in [1.29, 1.82) is 0 Å². The van der Waals surface area contributed by atoms with Crippen LogP contribution >= 0.6 is 11.3 Å². The average molecular weight is 430 g/mol. The summed E-state index contributed by atoms with van der Waals surface area (Å²) in [5, 5.41) is 3.92. The number of aromatic nitrogens is 1. The first-order valence-electron chi connectivity index (χ1n) is 9.61. The highest BCUT2D eigenvalue weighted by atomic mass is 32.2. The number of amides is 1. The molecule has 2 aromatic carbocycles. The maximum atomic E-state index is 12.7. The summed E-state index contributed by atoms with van der Waals surface area (Å²) in [6, 6.07) is 15.1. The number of para-hydroxylation sites is 1. The number of anilines is 1. The summed E-state index contributed by atoms with van der Waals surface area (Å²) in [6.45, 7) is 0.401. The van der Waals surface area contributed by atoms with Crippen LogP contribution in [0.25, 0.3) is 10.2 Å². The molecule has 1 amide bonds. The number of thiazole rings is 1. The minimum absolute atomic E-state index is 0.269. The van der Waals surface area contributed by atoms with E-state index in [0.717, 1.165) is 41.6 Å². The molecule has 8 heteroatoms. The minimum Gasteiger partial charge on any atom is -0.325 e. The van der Waals surface area contributed by atoms with Crippen LogP contribution in [-0.4, -0.2) is 42.5 Å². The van der Waals surface area contributed by atoms with Gasteiger partial charge in [-0.1, -0.05) is 30.7 Å². The van der Waals surface area contributed by atoms with E-state index in [1.54, 1.807) is 11.3 Å². The fourth-order valence-corrected chi connectivity index (χ4v) is 5.79. The van der Waals surface area contributed by atoms with Gasteiger partial charge in [-0.3, -0.25) is 4.79 Å². The third-order valence-corrected chi connectivity index (χ3v) is 7.42. The Morgan fingerprint density at radius 1 is 1.17 bits per heavy atom. The van der Waals surface area contributed by atoms with Crippen LogP contribution in [0.1, 0.15) is 29.8 Å². The SMILES string of the molecule is CS(=O)(=O)N1CCCCC1C(=O)Nc1ccc(Cc2nc3ccccc3s2)cc1. The smallest absolute Gasteiger partial charge is 0.242 e. The molecule has 2 heterocycles. The first kappa shape index (κ1) is 20.0. The molecule has 3 aromatic rings. The van der Waals surface area contributed by atoms with Gasteiger partial charge in [0.1, 0.15) is 6.04 Å². The fraction of sp³-hybridized carbons (Fsp3) is 0.333. The summed E-state index contributed by atoms with van der Waals surface area (Å²) >= 11 is 1.68. The molecule has 1 atom stereocenters. The molecule has 29 heavy (non-hydrogen) atoms. The lowest BCUT2D eigenvalue weighted by molar-refractivity contribution is -0.120. The lowest BCUT2D eigenvalue weighted by Gasteiger charge is -2.32. The Morgan fingerprint density at radius 2 is 1.93 bits per heavy atom. The summed E-state index contributed by atoms with van der Waals surface area (Å²) in [4.78, 5) is 17.3. The molecule has 4 rings (SSSR count). The van der Waals surface area contributed by atoms with E-state index >= 15 is 0 Å². The largest absolute Gasteiger partial charge is 0.325 e. The lowest BCUT2D eigenvalue weighted by Crippen LogP contribution is -2.49. The zero-order valence-electron chi connectivity index (χ0n) is 16.2. The van der Waals surface area contributed by atoms with Gasteiger partial charge in [0, 0.05) is 18.7 Å². The molecule has 1 saturated heterocycles. The Bertz CT molecular complexity index is 1090. The number of nitrogens with zero attached hydrogens (tertiary/aromatic N) is 2. The zero-order chi connectivity index (χ0) is 20.4. The van der Waals surface area contributed by atoms with Crippen LogP contribution in [0.4, 0.5) is 5.69 Å². The standard InChI is InChI=1S/C21H23N3O3S2/c1-29(26,27)24-13-5-4-7-18(24)21(25)22-16-11-9-15(10-12-16)14-20-23-17-6-2-3-8-19(17)28-20/h2-3,6,8-12,18H,4-5,7,13-14H2,1H3,(H,22,25). The summed E-state index contributed by atoms with van der Waals surface area (Å²) in [5.74, 6) is -0.269. The van der Waals surface area contributed by atoms with Crippen LogP contribution in [0.2, 0.25) is 0 Å². The molecule has 152 valence electrons. The van der Waals surface area contributed by atoms with E-state index in [1.165, 1.54) is 9.01 Å². The second kappa shape index (κ2) is 8.22. The van der Waals surface area contributed by atoms with Gasteiger partial charge in [-0.25, -0.2) is 13.4 Å². The van der Waals surface area contributed by atoms with Crippen molar-refractivity contribution >= 4 is 43.2 Å². The first-order valence-corrected chi connectivity index (χ1v) is 12.3. The molecule has 1 aliphatic rings. The fourth-order valence-electron chi connectivity index (χ4n) is 3.67. The third kappa shape index (κ3) is 4.66. The van der Waals surface area contributed by atoms with Crippen molar-refractivity contribution in [2.75, 3.05) is 18.1 Å². The van der Waals surface area contributed by atoms with Crippen LogP contribution in [0, 0.1) is 0 Å². The van der Waals surface area contributed by atoms with Gasteiger partial charge in [0.2, 0.25) is 15.9 Å². The van der Waals surface area contributed by atoms with Crippen molar-refractivity contribution in [1.82, 2.24) is 9.29 Å². The summed E-state index contributed by atoms with van der Waals surface area (Å²) < 4.78 is 26.4. The van der Waals surface area contributed by atoms with Gasteiger partial charge in [0.25, 0.3) is 0 Å². The van der Waals surface area contributed by atoms with E-state index in [-0.39, 0.29) is 5.91 Å². The van der Waals surface area contributed by atoms with Gasteiger partial charge in [-0.2, -0.15) is 4.31 Å². The molecule has 1 unspecified atom stereocenters. The minimum atomic E-state index is -3.40. The molecule has 1 N–H and O–H groups in total.